The molecule has 4 heteroatoms. The standard InChI is InChI=1S/C11H11ClN2S/c1-8-7-9(10-3-2-6-15-10)14-11(13-8)4-5-12/h2-3,6-7H,4-5H2,1H3. The van der Waals surface area contributed by atoms with Gasteiger partial charge in [0.2, 0.25) is 0 Å². The van der Waals surface area contributed by atoms with E-state index in [9.17, 15) is 0 Å². The highest BCUT2D eigenvalue weighted by Gasteiger charge is 2.04. The van der Waals surface area contributed by atoms with Crippen molar-refractivity contribution in [3.05, 3.63) is 35.1 Å². The zero-order valence-electron chi connectivity index (χ0n) is 8.40. The van der Waals surface area contributed by atoms with Gasteiger partial charge in [0.15, 0.2) is 0 Å². The second-order valence-electron chi connectivity index (χ2n) is 3.23. The molecule has 78 valence electrons. The minimum absolute atomic E-state index is 0.563. The maximum absolute atomic E-state index is 5.69. The molecule has 0 spiro atoms. The van der Waals surface area contributed by atoms with Crippen molar-refractivity contribution < 1.29 is 0 Å². The number of hydrogen-bond donors (Lipinski definition) is 0. The molecule has 0 bridgehead atoms. The number of aromatic nitrogens is 2. The fraction of sp³-hybridized carbons (Fsp3) is 0.273. The molecule has 0 radical (unpaired) electrons. The maximum Gasteiger partial charge on any atom is 0.130 e. The summed E-state index contributed by atoms with van der Waals surface area (Å²) in [6, 6.07) is 6.10. The van der Waals surface area contributed by atoms with Crippen LogP contribution in [-0.4, -0.2) is 15.8 Å². The normalized spacial score (nSPS) is 10.5. The summed E-state index contributed by atoms with van der Waals surface area (Å²) >= 11 is 7.38. The molecule has 0 amide bonds. The molecule has 0 N–H and O–H groups in total. The van der Waals surface area contributed by atoms with Crippen LogP contribution in [0.3, 0.4) is 0 Å². The van der Waals surface area contributed by atoms with Gasteiger partial charge in [-0.05, 0) is 24.4 Å². The van der Waals surface area contributed by atoms with E-state index in [2.05, 4.69) is 16.0 Å². The van der Waals surface area contributed by atoms with Gasteiger partial charge in [-0.3, -0.25) is 0 Å². The highest BCUT2D eigenvalue weighted by atomic mass is 35.5. The van der Waals surface area contributed by atoms with Gasteiger partial charge in [-0.25, -0.2) is 9.97 Å². The van der Waals surface area contributed by atoms with Gasteiger partial charge in [0.05, 0.1) is 10.6 Å². The minimum Gasteiger partial charge on any atom is -0.238 e. The fourth-order valence-electron chi connectivity index (χ4n) is 1.38. The van der Waals surface area contributed by atoms with Gasteiger partial charge in [-0.1, -0.05) is 6.07 Å². The first-order valence-electron chi connectivity index (χ1n) is 4.74. The summed E-state index contributed by atoms with van der Waals surface area (Å²) in [6.07, 6.45) is 0.724. The zero-order valence-corrected chi connectivity index (χ0v) is 9.98. The average Bonchev–Trinajstić information content (AvgIpc) is 2.70. The Labute approximate surface area is 98.0 Å². The van der Waals surface area contributed by atoms with Gasteiger partial charge in [0.25, 0.3) is 0 Å². The third-order valence-corrected chi connectivity index (χ3v) is 3.07. The number of aryl methyl sites for hydroxylation is 2. The van der Waals surface area contributed by atoms with Crippen LogP contribution in [0.25, 0.3) is 10.6 Å². The molecule has 0 fully saturated rings. The smallest absolute Gasteiger partial charge is 0.130 e. The van der Waals surface area contributed by atoms with Gasteiger partial charge in [-0.2, -0.15) is 0 Å². The van der Waals surface area contributed by atoms with Crippen LogP contribution in [0.4, 0.5) is 0 Å². The number of halogens is 1. The Bertz CT molecular complexity index is 440. The molecule has 15 heavy (non-hydrogen) atoms. The Morgan fingerprint density at radius 3 is 2.93 bits per heavy atom. The SMILES string of the molecule is Cc1cc(-c2cccs2)nc(CCCl)n1. The third kappa shape index (κ3) is 2.55. The quantitative estimate of drug-likeness (QED) is 0.767. The van der Waals surface area contributed by atoms with Crippen LogP contribution < -0.4 is 0 Å². The van der Waals surface area contributed by atoms with E-state index >= 15 is 0 Å². The molecule has 0 saturated carbocycles. The molecule has 0 aliphatic carbocycles. The first kappa shape index (κ1) is 10.6. The van der Waals surface area contributed by atoms with Crippen LogP contribution in [0.15, 0.2) is 23.6 Å². The van der Waals surface area contributed by atoms with Crippen molar-refractivity contribution in [2.24, 2.45) is 0 Å². The minimum atomic E-state index is 0.563. The van der Waals surface area contributed by atoms with Crippen LogP contribution in [0.2, 0.25) is 0 Å². The van der Waals surface area contributed by atoms with E-state index in [1.54, 1.807) is 11.3 Å². The molecule has 2 nitrogen and oxygen atoms in total. The molecule has 0 aliphatic heterocycles. The average molecular weight is 239 g/mol. The lowest BCUT2D eigenvalue weighted by Gasteiger charge is -2.02. The predicted octanol–water partition coefficient (Wildman–Crippen LogP) is 3.29. The first-order chi connectivity index (χ1) is 7.29. The van der Waals surface area contributed by atoms with Crippen molar-refractivity contribution in [2.75, 3.05) is 5.88 Å². The van der Waals surface area contributed by atoms with Gasteiger partial charge in [0.1, 0.15) is 5.82 Å². The van der Waals surface area contributed by atoms with Crippen molar-refractivity contribution in [3.63, 3.8) is 0 Å². The lowest BCUT2D eigenvalue weighted by Crippen LogP contribution is -1.99. The molecule has 0 aliphatic rings. The molecule has 2 aromatic heterocycles. The number of thiophene rings is 1. The number of nitrogens with zero attached hydrogens (tertiary/aromatic N) is 2. The molecular weight excluding hydrogens is 228 g/mol. The summed E-state index contributed by atoms with van der Waals surface area (Å²) < 4.78 is 0. The van der Waals surface area contributed by atoms with Gasteiger partial charge < -0.3 is 0 Å². The van der Waals surface area contributed by atoms with E-state index in [0.717, 1.165) is 23.6 Å². The summed E-state index contributed by atoms with van der Waals surface area (Å²) in [5, 5.41) is 2.05. The summed E-state index contributed by atoms with van der Waals surface area (Å²) in [7, 11) is 0. The second kappa shape index (κ2) is 4.73. The lowest BCUT2D eigenvalue weighted by molar-refractivity contribution is 0.927. The van der Waals surface area contributed by atoms with E-state index in [4.69, 9.17) is 11.6 Å². The molecule has 0 atom stereocenters. The Kier molecular flexibility index (Phi) is 3.34. The van der Waals surface area contributed by atoms with E-state index in [0.29, 0.717) is 5.88 Å². The van der Waals surface area contributed by atoms with E-state index in [1.807, 2.05) is 24.4 Å². The van der Waals surface area contributed by atoms with Crippen molar-refractivity contribution >= 4 is 22.9 Å². The number of rotatable bonds is 3. The predicted molar refractivity (Wildman–Crippen MR) is 64.5 cm³/mol. The third-order valence-electron chi connectivity index (χ3n) is 1.99. The highest BCUT2D eigenvalue weighted by Crippen LogP contribution is 2.23. The molecular formula is C11H11ClN2S. The maximum atomic E-state index is 5.69. The highest BCUT2D eigenvalue weighted by molar-refractivity contribution is 7.13. The van der Waals surface area contributed by atoms with Crippen molar-refractivity contribution in [1.29, 1.82) is 0 Å². The topological polar surface area (TPSA) is 25.8 Å². The molecule has 0 saturated heterocycles. The number of hydrogen-bond acceptors (Lipinski definition) is 3. The van der Waals surface area contributed by atoms with Crippen molar-refractivity contribution in [3.8, 4) is 10.6 Å². The Hall–Kier alpha value is -0.930. The van der Waals surface area contributed by atoms with Gasteiger partial charge >= 0.3 is 0 Å². The van der Waals surface area contributed by atoms with Crippen molar-refractivity contribution in [1.82, 2.24) is 9.97 Å². The van der Waals surface area contributed by atoms with Crippen LogP contribution in [0.1, 0.15) is 11.5 Å². The molecule has 2 aromatic rings. The summed E-state index contributed by atoms with van der Waals surface area (Å²) in [5.74, 6) is 1.39. The summed E-state index contributed by atoms with van der Waals surface area (Å²) in [6.45, 7) is 1.98. The summed E-state index contributed by atoms with van der Waals surface area (Å²) in [5.41, 5.74) is 1.99. The summed E-state index contributed by atoms with van der Waals surface area (Å²) in [4.78, 5) is 10.0. The van der Waals surface area contributed by atoms with Crippen LogP contribution in [0, 0.1) is 6.92 Å². The Morgan fingerprint density at radius 2 is 2.27 bits per heavy atom. The second-order valence-corrected chi connectivity index (χ2v) is 4.55. The lowest BCUT2D eigenvalue weighted by atomic mass is 10.3. The Balaban J connectivity index is 2.40. The molecule has 0 aromatic carbocycles. The Morgan fingerprint density at radius 1 is 1.40 bits per heavy atom. The zero-order chi connectivity index (χ0) is 10.7. The van der Waals surface area contributed by atoms with Crippen LogP contribution in [0.5, 0.6) is 0 Å². The number of alkyl halides is 1. The van der Waals surface area contributed by atoms with E-state index < -0.39 is 0 Å². The first-order valence-corrected chi connectivity index (χ1v) is 6.15. The molecule has 2 heterocycles. The van der Waals surface area contributed by atoms with Gasteiger partial charge in [-0.15, -0.1) is 22.9 Å². The van der Waals surface area contributed by atoms with Gasteiger partial charge in [0, 0.05) is 18.0 Å². The largest absolute Gasteiger partial charge is 0.238 e. The van der Waals surface area contributed by atoms with Crippen LogP contribution in [-0.2, 0) is 6.42 Å². The van der Waals surface area contributed by atoms with Crippen LogP contribution >= 0.6 is 22.9 Å². The van der Waals surface area contributed by atoms with Crippen molar-refractivity contribution in [2.45, 2.75) is 13.3 Å². The fourth-order valence-corrected chi connectivity index (χ4v) is 2.23. The monoisotopic (exact) mass is 238 g/mol. The molecule has 0 unspecified atom stereocenters. The molecule has 2 rings (SSSR count). The van der Waals surface area contributed by atoms with E-state index in [-0.39, 0.29) is 0 Å². The van der Waals surface area contributed by atoms with E-state index in [1.165, 1.54) is 4.88 Å².